The number of nitrogens with zero attached hydrogens (tertiary/aromatic N) is 7. The second kappa shape index (κ2) is 7.26. The maximum Gasteiger partial charge on any atom is 0.148 e. The van der Waals surface area contributed by atoms with Crippen LogP contribution >= 0.6 is 11.6 Å². The minimum Gasteiger partial charge on any atom is -0.364 e. The Morgan fingerprint density at radius 2 is 2.00 bits per heavy atom. The Morgan fingerprint density at radius 1 is 1.12 bits per heavy atom. The van der Waals surface area contributed by atoms with Crippen molar-refractivity contribution in [3.63, 3.8) is 0 Å². The first kappa shape index (κ1) is 19.2. The molecule has 0 N–H and O–H groups in total. The lowest BCUT2D eigenvalue weighted by molar-refractivity contribution is -0.0573. The molecule has 2 aliphatic rings. The Balaban J connectivity index is 1.26. The summed E-state index contributed by atoms with van der Waals surface area (Å²) in [4.78, 5) is 16.0. The summed E-state index contributed by atoms with van der Waals surface area (Å²) in [7, 11) is 0. The number of aromatic nitrogens is 5. The zero-order valence-electron chi connectivity index (χ0n) is 17.1. The molecule has 0 unspecified atom stereocenters. The smallest absolute Gasteiger partial charge is 0.148 e. The number of nitriles is 1. The summed E-state index contributed by atoms with van der Waals surface area (Å²) in [6, 6.07) is 10.2. The first-order chi connectivity index (χ1) is 15.7. The van der Waals surface area contributed by atoms with Crippen molar-refractivity contribution in [3.8, 4) is 17.3 Å². The van der Waals surface area contributed by atoms with Gasteiger partial charge in [-0.1, -0.05) is 17.7 Å². The van der Waals surface area contributed by atoms with E-state index in [-0.39, 0.29) is 5.60 Å². The molecular weight excluding hydrogens is 426 g/mol. The van der Waals surface area contributed by atoms with Crippen molar-refractivity contribution in [1.82, 2.24) is 24.6 Å². The molecule has 8 nitrogen and oxygen atoms in total. The van der Waals surface area contributed by atoms with Crippen LogP contribution in [0.3, 0.4) is 0 Å². The third kappa shape index (κ3) is 2.93. The van der Waals surface area contributed by atoms with Crippen molar-refractivity contribution in [2.24, 2.45) is 0 Å². The Kier molecular flexibility index (Phi) is 4.35. The summed E-state index contributed by atoms with van der Waals surface area (Å²) in [5, 5.41) is 13.9. The van der Waals surface area contributed by atoms with Gasteiger partial charge in [0.25, 0.3) is 0 Å². The van der Waals surface area contributed by atoms with Gasteiger partial charge in [0.2, 0.25) is 0 Å². The highest BCUT2D eigenvalue weighted by molar-refractivity contribution is 6.29. The summed E-state index contributed by atoms with van der Waals surface area (Å²) in [6.07, 6.45) is 8.47. The van der Waals surface area contributed by atoms with E-state index < -0.39 is 0 Å². The second-order valence-electron chi connectivity index (χ2n) is 8.06. The summed E-state index contributed by atoms with van der Waals surface area (Å²) in [5.41, 5.74) is 4.44. The second-order valence-corrected chi connectivity index (χ2v) is 8.45. The lowest BCUT2D eigenvalue weighted by Crippen LogP contribution is -2.43. The zero-order chi connectivity index (χ0) is 21.7. The normalized spacial score (nSPS) is 16.9. The molecule has 4 aromatic rings. The van der Waals surface area contributed by atoms with Crippen LogP contribution in [0.25, 0.3) is 16.8 Å². The van der Waals surface area contributed by atoms with Gasteiger partial charge in [0.05, 0.1) is 24.7 Å². The predicted molar refractivity (Wildman–Crippen MR) is 118 cm³/mol. The number of pyridine rings is 2. The average Bonchev–Trinajstić information content (AvgIpc) is 3.41. The molecule has 158 valence electrons. The van der Waals surface area contributed by atoms with E-state index in [9.17, 15) is 5.26 Å². The monoisotopic (exact) mass is 443 g/mol. The van der Waals surface area contributed by atoms with Gasteiger partial charge in [0.1, 0.15) is 39.4 Å². The minimum atomic E-state index is -0.279. The number of rotatable bonds is 2. The van der Waals surface area contributed by atoms with Gasteiger partial charge in [-0.25, -0.2) is 14.5 Å². The van der Waals surface area contributed by atoms with Crippen molar-refractivity contribution in [1.29, 1.82) is 5.26 Å². The molecular formula is C23H18ClN7O. The third-order valence-electron chi connectivity index (χ3n) is 6.33. The van der Waals surface area contributed by atoms with E-state index in [2.05, 4.69) is 37.1 Å². The predicted octanol–water partition coefficient (Wildman–Crippen LogP) is 3.74. The average molecular weight is 444 g/mol. The van der Waals surface area contributed by atoms with Crippen LogP contribution in [0, 0.1) is 11.3 Å². The first-order valence-corrected chi connectivity index (χ1v) is 10.8. The van der Waals surface area contributed by atoms with E-state index in [1.165, 1.54) is 11.8 Å². The van der Waals surface area contributed by atoms with Gasteiger partial charge in [-0.2, -0.15) is 10.4 Å². The van der Waals surface area contributed by atoms with Crippen LogP contribution in [0.2, 0.25) is 5.15 Å². The fraction of sp³-hybridized carbons (Fsp3) is 0.261. The molecule has 0 atom stereocenters. The van der Waals surface area contributed by atoms with Crippen LogP contribution in [0.1, 0.15) is 29.7 Å². The summed E-state index contributed by atoms with van der Waals surface area (Å²) >= 11 is 6.17. The van der Waals surface area contributed by atoms with Crippen LogP contribution in [0.15, 0.2) is 49.1 Å². The molecule has 9 heteroatoms. The minimum absolute atomic E-state index is 0.279. The number of halogens is 1. The van der Waals surface area contributed by atoms with Gasteiger partial charge in [-0.15, -0.1) is 0 Å². The van der Waals surface area contributed by atoms with E-state index in [0.717, 1.165) is 43.0 Å². The molecule has 0 aliphatic carbocycles. The highest BCUT2D eigenvalue weighted by atomic mass is 35.5. The fourth-order valence-corrected chi connectivity index (χ4v) is 4.89. The molecule has 32 heavy (non-hydrogen) atoms. The lowest BCUT2D eigenvalue weighted by Gasteiger charge is -2.39. The van der Waals surface area contributed by atoms with Gasteiger partial charge in [0, 0.05) is 36.6 Å². The SMILES string of the molecule is N#Cc1cnn2cc(Cl)nc(-c3ccc(N4CCC5(CC4)OCc4cccnc45)nc3)c12. The summed E-state index contributed by atoms with van der Waals surface area (Å²) in [5.74, 6) is 0.898. The number of hydrogen-bond acceptors (Lipinski definition) is 7. The molecule has 4 aromatic heterocycles. The Hall–Kier alpha value is -3.54. The van der Waals surface area contributed by atoms with Crippen molar-refractivity contribution in [2.45, 2.75) is 25.0 Å². The number of hydrogen-bond donors (Lipinski definition) is 0. The molecule has 1 fully saturated rings. The van der Waals surface area contributed by atoms with Crippen LogP contribution in [-0.4, -0.2) is 37.7 Å². The molecule has 0 amide bonds. The topological polar surface area (TPSA) is 92.2 Å². The Labute approximate surface area is 189 Å². The number of fused-ring (bicyclic) bond motifs is 3. The van der Waals surface area contributed by atoms with Crippen molar-refractivity contribution in [2.75, 3.05) is 18.0 Å². The highest BCUT2D eigenvalue weighted by Gasteiger charge is 2.44. The highest BCUT2D eigenvalue weighted by Crippen LogP contribution is 2.43. The molecule has 1 spiro atoms. The Morgan fingerprint density at radius 3 is 2.78 bits per heavy atom. The molecule has 1 saturated heterocycles. The standard InChI is InChI=1S/C23H18ClN7O/c24-18-13-31-21(17(10-25)12-28-31)20(29-18)15-3-4-19(27-11-15)30-8-5-23(6-9-30)22-16(14-32-23)2-1-7-26-22/h1-4,7,11-13H,5-6,8-9,14H2. The van der Waals surface area contributed by atoms with Gasteiger partial charge in [-0.05, 0) is 31.0 Å². The molecule has 0 bridgehead atoms. The van der Waals surface area contributed by atoms with E-state index in [1.807, 2.05) is 24.4 Å². The molecule has 2 aliphatic heterocycles. The first-order valence-electron chi connectivity index (χ1n) is 10.4. The number of ether oxygens (including phenoxy) is 1. The number of anilines is 1. The molecule has 6 rings (SSSR count). The maximum absolute atomic E-state index is 9.43. The van der Waals surface area contributed by atoms with Crippen molar-refractivity contribution in [3.05, 3.63) is 71.0 Å². The summed E-state index contributed by atoms with van der Waals surface area (Å²) in [6.45, 7) is 2.31. The fourth-order valence-electron chi connectivity index (χ4n) is 4.71. The quantitative estimate of drug-likeness (QED) is 0.466. The van der Waals surface area contributed by atoms with Gasteiger partial charge in [-0.3, -0.25) is 4.98 Å². The van der Waals surface area contributed by atoms with E-state index in [1.54, 1.807) is 16.9 Å². The summed E-state index contributed by atoms with van der Waals surface area (Å²) < 4.78 is 7.79. The van der Waals surface area contributed by atoms with Gasteiger partial charge in [0.15, 0.2) is 0 Å². The van der Waals surface area contributed by atoms with Crippen LogP contribution in [-0.2, 0) is 16.9 Å². The molecule has 0 aromatic carbocycles. The van der Waals surface area contributed by atoms with E-state index in [4.69, 9.17) is 16.3 Å². The maximum atomic E-state index is 9.43. The van der Waals surface area contributed by atoms with E-state index in [0.29, 0.717) is 28.5 Å². The number of piperidine rings is 1. The van der Waals surface area contributed by atoms with Gasteiger partial charge >= 0.3 is 0 Å². The third-order valence-corrected chi connectivity index (χ3v) is 6.51. The van der Waals surface area contributed by atoms with Crippen molar-refractivity contribution < 1.29 is 4.74 Å². The Bertz CT molecular complexity index is 1370. The zero-order valence-corrected chi connectivity index (χ0v) is 17.8. The molecule has 0 radical (unpaired) electrons. The van der Waals surface area contributed by atoms with Crippen LogP contribution in [0.4, 0.5) is 5.82 Å². The van der Waals surface area contributed by atoms with Gasteiger partial charge < -0.3 is 9.64 Å². The largest absolute Gasteiger partial charge is 0.364 e. The van der Waals surface area contributed by atoms with E-state index >= 15 is 0 Å². The molecule has 0 saturated carbocycles. The molecule has 6 heterocycles. The van der Waals surface area contributed by atoms with Crippen LogP contribution < -0.4 is 4.90 Å². The lowest BCUT2D eigenvalue weighted by atomic mass is 9.87. The van der Waals surface area contributed by atoms with Crippen molar-refractivity contribution >= 4 is 22.9 Å². The van der Waals surface area contributed by atoms with Crippen LogP contribution in [0.5, 0.6) is 0 Å².